The summed E-state index contributed by atoms with van der Waals surface area (Å²) in [4.78, 5) is 15.5. The maximum Gasteiger partial charge on any atom is 0.416 e. The van der Waals surface area contributed by atoms with Crippen LogP contribution in [0.4, 0.5) is 26.3 Å². The second-order valence-corrected chi connectivity index (χ2v) is 7.08. The molecule has 0 aliphatic carbocycles. The Labute approximate surface area is 174 Å². The molecule has 1 aliphatic heterocycles. The Morgan fingerprint density at radius 2 is 1.84 bits per heavy atom. The summed E-state index contributed by atoms with van der Waals surface area (Å²) < 4.78 is 83.1. The molecule has 2 heterocycles. The van der Waals surface area contributed by atoms with Crippen molar-refractivity contribution in [3.63, 3.8) is 0 Å². The highest BCUT2D eigenvalue weighted by Gasteiger charge is 2.33. The normalized spacial score (nSPS) is 16.3. The third-order valence-electron chi connectivity index (χ3n) is 4.82. The molecular formula is C19H20F6N4O2. The van der Waals surface area contributed by atoms with E-state index in [1.54, 1.807) is 0 Å². The molecule has 1 aromatic carbocycles. The number of halogens is 6. The molecule has 0 spiro atoms. The highest BCUT2D eigenvalue weighted by molar-refractivity contribution is 5.95. The molecule has 0 N–H and O–H groups in total. The molecule has 6 nitrogen and oxygen atoms in total. The van der Waals surface area contributed by atoms with Crippen LogP contribution in [0.25, 0.3) is 5.69 Å². The van der Waals surface area contributed by atoms with E-state index < -0.39 is 30.4 Å². The number of nitrogens with zero attached hydrogens (tertiary/aromatic N) is 4. The summed E-state index contributed by atoms with van der Waals surface area (Å²) in [7, 11) is 1.29. The third kappa shape index (κ3) is 5.69. The molecule has 0 radical (unpaired) electrons. The summed E-state index contributed by atoms with van der Waals surface area (Å²) in [6.07, 6.45) is -7.23. The lowest BCUT2D eigenvalue weighted by molar-refractivity contribution is -0.145. The molecule has 3 rings (SSSR count). The topological polar surface area (TPSA) is 50.6 Å². The number of carbonyl (C=O) groups excluding carboxylic acids is 1. The van der Waals surface area contributed by atoms with Crippen molar-refractivity contribution in [2.75, 3.05) is 39.8 Å². The number of aromatic nitrogens is 2. The summed E-state index contributed by atoms with van der Waals surface area (Å²) in [5, 5.41) is 4.10. The molecule has 1 aliphatic rings. The Hall–Kier alpha value is -2.76. The number of carbonyl (C=O) groups is 1. The van der Waals surface area contributed by atoms with Crippen molar-refractivity contribution in [2.45, 2.75) is 18.8 Å². The zero-order chi connectivity index (χ0) is 22.8. The summed E-state index contributed by atoms with van der Waals surface area (Å²) in [6.45, 7) is -0.523. The second-order valence-electron chi connectivity index (χ2n) is 7.08. The molecule has 1 aromatic heterocycles. The van der Waals surface area contributed by atoms with Gasteiger partial charge in [-0.25, -0.2) is 4.68 Å². The number of methoxy groups -OCH3 is 1. The van der Waals surface area contributed by atoms with E-state index in [0.717, 1.165) is 16.8 Å². The first-order valence-electron chi connectivity index (χ1n) is 9.37. The van der Waals surface area contributed by atoms with E-state index in [1.807, 2.05) is 0 Å². The lowest BCUT2D eigenvalue weighted by atomic mass is 10.2. The molecule has 2 aromatic rings. The average Bonchev–Trinajstić information content (AvgIpc) is 3.00. The van der Waals surface area contributed by atoms with E-state index in [0.29, 0.717) is 6.42 Å². The summed E-state index contributed by atoms with van der Waals surface area (Å²) in [5.74, 6) is -0.504. The summed E-state index contributed by atoms with van der Waals surface area (Å²) in [6, 6.07) is 4.43. The Morgan fingerprint density at radius 3 is 2.48 bits per heavy atom. The quantitative estimate of drug-likeness (QED) is 0.668. The van der Waals surface area contributed by atoms with Crippen LogP contribution in [0.15, 0.2) is 30.5 Å². The van der Waals surface area contributed by atoms with Crippen molar-refractivity contribution in [1.82, 2.24) is 19.6 Å². The Kier molecular flexibility index (Phi) is 6.48. The zero-order valence-corrected chi connectivity index (χ0v) is 16.5. The van der Waals surface area contributed by atoms with Gasteiger partial charge in [0.05, 0.1) is 31.1 Å². The number of alkyl halides is 6. The van der Waals surface area contributed by atoms with Gasteiger partial charge in [0, 0.05) is 26.2 Å². The predicted molar refractivity (Wildman–Crippen MR) is 98.1 cm³/mol. The fraction of sp³-hybridized carbons (Fsp3) is 0.474. The van der Waals surface area contributed by atoms with Gasteiger partial charge in [0.1, 0.15) is 0 Å². The van der Waals surface area contributed by atoms with Crippen LogP contribution >= 0.6 is 0 Å². The van der Waals surface area contributed by atoms with Crippen LogP contribution in [-0.4, -0.2) is 71.5 Å². The molecule has 1 saturated heterocycles. The first kappa shape index (κ1) is 22.9. The Balaban J connectivity index is 1.80. The Bertz CT molecular complexity index is 925. The fourth-order valence-electron chi connectivity index (χ4n) is 3.35. The van der Waals surface area contributed by atoms with Gasteiger partial charge in [-0.1, -0.05) is 6.07 Å². The van der Waals surface area contributed by atoms with Gasteiger partial charge in [-0.2, -0.15) is 31.4 Å². The van der Waals surface area contributed by atoms with Crippen LogP contribution in [-0.2, 0) is 6.18 Å². The maximum absolute atomic E-state index is 13.0. The van der Waals surface area contributed by atoms with Crippen LogP contribution < -0.4 is 4.74 Å². The summed E-state index contributed by atoms with van der Waals surface area (Å²) >= 11 is 0. The lowest BCUT2D eigenvalue weighted by Gasteiger charge is -2.22. The molecule has 0 atom stereocenters. The number of hydrogen-bond donors (Lipinski definition) is 0. The Morgan fingerprint density at radius 1 is 1.10 bits per heavy atom. The average molecular weight is 450 g/mol. The number of rotatable bonds is 4. The molecule has 170 valence electrons. The number of hydrogen-bond acceptors (Lipinski definition) is 4. The van der Waals surface area contributed by atoms with Crippen molar-refractivity contribution >= 4 is 5.91 Å². The first-order chi connectivity index (χ1) is 14.5. The van der Waals surface area contributed by atoms with E-state index in [2.05, 4.69) is 5.10 Å². The summed E-state index contributed by atoms with van der Waals surface area (Å²) in [5.41, 5.74) is -0.909. The van der Waals surface area contributed by atoms with E-state index >= 15 is 0 Å². The largest absolute Gasteiger partial charge is 0.493 e. The van der Waals surface area contributed by atoms with Gasteiger partial charge in [-0.3, -0.25) is 9.69 Å². The van der Waals surface area contributed by atoms with E-state index in [9.17, 15) is 31.1 Å². The zero-order valence-electron chi connectivity index (χ0n) is 16.5. The molecule has 1 amide bonds. The standard InChI is InChI=1S/C19H20F6N4O2/c1-31-15-11-29(14-5-2-4-13(10-14)19(23,24)25)26-16(15)17(30)28-7-3-6-27(8-9-28)12-18(20,21)22/h2,4-5,10-11H,3,6-9,12H2,1H3. The fourth-order valence-corrected chi connectivity index (χ4v) is 3.35. The minimum atomic E-state index is -4.54. The lowest BCUT2D eigenvalue weighted by Crippen LogP contribution is -2.38. The smallest absolute Gasteiger partial charge is 0.416 e. The van der Waals surface area contributed by atoms with Gasteiger partial charge in [-0.05, 0) is 24.6 Å². The van der Waals surface area contributed by atoms with Crippen LogP contribution in [0, 0.1) is 0 Å². The number of benzene rings is 1. The van der Waals surface area contributed by atoms with Crippen LogP contribution in [0.2, 0.25) is 0 Å². The molecule has 31 heavy (non-hydrogen) atoms. The minimum Gasteiger partial charge on any atom is -0.493 e. The van der Waals surface area contributed by atoms with Gasteiger partial charge < -0.3 is 9.64 Å². The van der Waals surface area contributed by atoms with Crippen molar-refractivity contribution in [3.8, 4) is 11.4 Å². The van der Waals surface area contributed by atoms with Crippen LogP contribution in [0.1, 0.15) is 22.5 Å². The minimum absolute atomic E-state index is 0.0436. The first-order valence-corrected chi connectivity index (χ1v) is 9.37. The van der Waals surface area contributed by atoms with Gasteiger partial charge in [0.2, 0.25) is 0 Å². The number of amides is 1. The van der Waals surface area contributed by atoms with E-state index in [4.69, 9.17) is 4.74 Å². The maximum atomic E-state index is 13.0. The molecule has 0 unspecified atom stereocenters. The number of ether oxygens (including phenoxy) is 1. The second kappa shape index (κ2) is 8.77. The SMILES string of the molecule is COc1cn(-c2cccc(C(F)(F)F)c2)nc1C(=O)N1CCCN(CC(F)(F)F)CC1. The molecular weight excluding hydrogens is 430 g/mol. The monoisotopic (exact) mass is 450 g/mol. The van der Waals surface area contributed by atoms with Gasteiger partial charge >= 0.3 is 12.4 Å². The van der Waals surface area contributed by atoms with Crippen molar-refractivity contribution in [1.29, 1.82) is 0 Å². The van der Waals surface area contributed by atoms with Gasteiger partial charge in [-0.15, -0.1) is 0 Å². The molecule has 0 bridgehead atoms. The van der Waals surface area contributed by atoms with E-state index in [-0.39, 0.29) is 43.3 Å². The van der Waals surface area contributed by atoms with Crippen LogP contribution in [0.5, 0.6) is 5.75 Å². The molecule has 0 saturated carbocycles. The van der Waals surface area contributed by atoms with Crippen molar-refractivity contribution in [3.05, 3.63) is 41.7 Å². The van der Waals surface area contributed by atoms with E-state index in [1.165, 1.54) is 35.2 Å². The molecule has 1 fully saturated rings. The third-order valence-corrected chi connectivity index (χ3v) is 4.82. The predicted octanol–water partition coefficient (Wildman–Crippen LogP) is 3.61. The van der Waals surface area contributed by atoms with Crippen molar-refractivity contribution in [2.24, 2.45) is 0 Å². The van der Waals surface area contributed by atoms with Crippen molar-refractivity contribution < 1.29 is 35.9 Å². The van der Waals surface area contributed by atoms with Crippen LogP contribution in [0.3, 0.4) is 0 Å². The molecule has 12 heteroatoms. The highest BCUT2D eigenvalue weighted by Crippen LogP contribution is 2.31. The highest BCUT2D eigenvalue weighted by atomic mass is 19.4. The van der Waals surface area contributed by atoms with Gasteiger partial charge in [0.25, 0.3) is 5.91 Å². The van der Waals surface area contributed by atoms with Gasteiger partial charge in [0.15, 0.2) is 11.4 Å².